The Bertz CT molecular complexity index is 392. The predicted octanol–water partition coefficient (Wildman–Crippen LogP) is 4.09. The van der Waals surface area contributed by atoms with Crippen molar-refractivity contribution in [3.05, 3.63) is 10.6 Å². The van der Waals surface area contributed by atoms with Crippen LogP contribution in [0.3, 0.4) is 0 Å². The summed E-state index contributed by atoms with van der Waals surface area (Å²) >= 11 is 3.75. The normalized spacial score (nSPS) is 14.3. The maximum absolute atomic E-state index is 4.79. The number of hydrogen-bond donors (Lipinski definition) is 1. The van der Waals surface area contributed by atoms with Gasteiger partial charge in [-0.2, -0.15) is 11.8 Å². The van der Waals surface area contributed by atoms with Gasteiger partial charge in [-0.1, -0.05) is 13.8 Å². The summed E-state index contributed by atoms with van der Waals surface area (Å²) in [7, 11) is 2.18. The third-order valence-corrected chi connectivity index (χ3v) is 5.74. The molecule has 1 aromatic rings. The van der Waals surface area contributed by atoms with Gasteiger partial charge in [0.25, 0.3) is 0 Å². The Morgan fingerprint density at radius 2 is 2.10 bits per heavy atom. The highest BCUT2D eigenvalue weighted by Crippen LogP contribution is 2.31. The van der Waals surface area contributed by atoms with E-state index in [-0.39, 0.29) is 0 Å². The van der Waals surface area contributed by atoms with Gasteiger partial charge in [-0.3, -0.25) is 0 Å². The minimum absolute atomic E-state index is 0.398. The third-order valence-electron chi connectivity index (χ3n) is 3.59. The van der Waals surface area contributed by atoms with Crippen molar-refractivity contribution in [2.75, 3.05) is 30.5 Å². The van der Waals surface area contributed by atoms with Gasteiger partial charge in [0.05, 0.1) is 5.69 Å². The molecule has 0 bridgehead atoms. The molecule has 0 aliphatic carbocycles. The second-order valence-electron chi connectivity index (χ2n) is 5.25. The molecule has 0 aliphatic heterocycles. The number of hydrogen-bond acceptors (Lipinski definition) is 5. The molecule has 0 saturated carbocycles. The van der Waals surface area contributed by atoms with Crippen molar-refractivity contribution < 1.29 is 0 Å². The molecule has 0 aliphatic rings. The van der Waals surface area contributed by atoms with E-state index >= 15 is 0 Å². The van der Waals surface area contributed by atoms with Crippen LogP contribution in [0.15, 0.2) is 0 Å². The van der Waals surface area contributed by atoms with Gasteiger partial charge in [0.1, 0.15) is 0 Å². The summed E-state index contributed by atoms with van der Waals surface area (Å²) in [5, 5.41) is 4.71. The first kappa shape index (κ1) is 17.8. The molecule has 20 heavy (non-hydrogen) atoms. The number of rotatable bonds is 9. The second kappa shape index (κ2) is 8.90. The Hall–Kier alpha value is -0.260. The van der Waals surface area contributed by atoms with Crippen LogP contribution in [0.5, 0.6) is 0 Å². The second-order valence-corrected chi connectivity index (χ2v) is 7.17. The largest absolute Gasteiger partial charge is 0.347 e. The van der Waals surface area contributed by atoms with E-state index in [2.05, 4.69) is 51.2 Å². The van der Waals surface area contributed by atoms with Crippen LogP contribution in [0.1, 0.15) is 50.2 Å². The number of nitrogens with one attached hydrogen (secondary N) is 1. The lowest BCUT2D eigenvalue weighted by Crippen LogP contribution is -2.33. The molecule has 116 valence electrons. The third kappa shape index (κ3) is 4.64. The number of nitrogens with zero attached hydrogens (tertiary/aromatic N) is 2. The standard InChI is InChI=1S/C15H29N3S2/c1-7-9-16-11(3)14-12(4)17-15(20-14)18(5)13(8-2)10-19-6/h11,13,16H,7-10H2,1-6H3. The Balaban J connectivity index is 2.82. The van der Waals surface area contributed by atoms with Crippen molar-refractivity contribution in [2.24, 2.45) is 0 Å². The molecule has 0 saturated heterocycles. The Labute approximate surface area is 132 Å². The lowest BCUT2D eigenvalue weighted by molar-refractivity contribution is 0.575. The molecule has 3 nitrogen and oxygen atoms in total. The summed E-state index contributed by atoms with van der Waals surface area (Å²) < 4.78 is 0. The molecule has 2 unspecified atom stereocenters. The van der Waals surface area contributed by atoms with E-state index in [4.69, 9.17) is 4.98 Å². The molecule has 0 fully saturated rings. The molecule has 0 spiro atoms. The molecule has 1 heterocycles. The number of thiazole rings is 1. The topological polar surface area (TPSA) is 28.2 Å². The van der Waals surface area contributed by atoms with Gasteiger partial charge >= 0.3 is 0 Å². The van der Waals surface area contributed by atoms with Gasteiger partial charge in [0.2, 0.25) is 0 Å². The molecule has 1 rings (SSSR count). The van der Waals surface area contributed by atoms with Crippen LogP contribution in [-0.4, -0.2) is 36.6 Å². The average Bonchev–Trinajstić information content (AvgIpc) is 2.83. The maximum atomic E-state index is 4.79. The summed E-state index contributed by atoms with van der Waals surface area (Å²) in [6.07, 6.45) is 4.50. The smallest absolute Gasteiger partial charge is 0.185 e. The fourth-order valence-corrected chi connectivity index (χ4v) is 4.22. The van der Waals surface area contributed by atoms with Gasteiger partial charge in [0.15, 0.2) is 5.13 Å². The van der Waals surface area contributed by atoms with Crippen LogP contribution >= 0.6 is 23.1 Å². The highest BCUT2D eigenvalue weighted by molar-refractivity contribution is 7.98. The molecule has 5 heteroatoms. The van der Waals surface area contributed by atoms with Crippen LogP contribution < -0.4 is 10.2 Å². The summed E-state index contributed by atoms with van der Waals surface area (Å²) in [6, 6.07) is 0.970. The van der Waals surface area contributed by atoms with Gasteiger partial charge in [-0.05, 0) is 39.5 Å². The van der Waals surface area contributed by atoms with Crippen LogP contribution in [0.2, 0.25) is 0 Å². The Morgan fingerprint density at radius 1 is 1.40 bits per heavy atom. The van der Waals surface area contributed by atoms with E-state index in [0.717, 1.165) is 23.8 Å². The summed E-state index contributed by atoms with van der Waals surface area (Å²) in [6.45, 7) is 9.88. The van der Waals surface area contributed by atoms with Crippen molar-refractivity contribution >= 4 is 28.2 Å². The van der Waals surface area contributed by atoms with Crippen molar-refractivity contribution in [1.82, 2.24) is 10.3 Å². The van der Waals surface area contributed by atoms with E-state index in [0.29, 0.717) is 12.1 Å². The Morgan fingerprint density at radius 3 is 2.65 bits per heavy atom. The van der Waals surface area contributed by atoms with Crippen LogP contribution in [-0.2, 0) is 0 Å². The van der Waals surface area contributed by atoms with Crippen molar-refractivity contribution in [3.8, 4) is 0 Å². The molecule has 2 atom stereocenters. The van der Waals surface area contributed by atoms with Crippen molar-refractivity contribution in [3.63, 3.8) is 0 Å². The number of aromatic nitrogens is 1. The van der Waals surface area contributed by atoms with Gasteiger partial charge in [-0.25, -0.2) is 4.98 Å². The van der Waals surface area contributed by atoms with Crippen LogP contribution in [0.4, 0.5) is 5.13 Å². The zero-order valence-electron chi connectivity index (χ0n) is 13.7. The quantitative estimate of drug-likeness (QED) is 0.743. The van der Waals surface area contributed by atoms with E-state index in [9.17, 15) is 0 Å². The van der Waals surface area contributed by atoms with Crippen LogP contribution in [0, 0.1) is 6.92 Å². The summed E-state index contributed by atoms with van der Waals surface area (Å²) in [4.78, 5) is 8.51. The maximum Gasteiger partial charge on any atom is 0.185 e. The van der Waals surface area contributed by atoms with Crippen molar-refractivity contribution in [2.45, 2.75) is 52.6 Å². The van der Waals surface area contributed by atoms with Gasteiger partial charge in [-0.15, -0.1) is 11.3 Å². The van der Waals surface area contributed by atoms with E-state index in [1.807, 2.05) is 23.1 Å². The van der Waals surface area contributed by atoms with Crippen LogP contribution in [0.25, 0.3) is 0 Å². The average molecular weight is 316 g/mol. The Kier molecular flexibility index (Phi) is 7.92. The predicted molar refractivity (Wildman–Crippen MR) is 94.4 cm³/mol. The first-order chi connectivity index (χ1) is 9.54. The molecular formula is C15H29N3S2. The fourth-order valence-electron chi connectivity index (χ4n) is 2.25. The highest BCUT2D eigenvalue weighted by atomic mass is 32.2. The van der Waals surface area contributed by atoms with Gasteiger partial charge < -0.3 is 10.2 Å². The minimum atomic E-state index is 0.398. The zero-order chi connectivity index (χ0) is 15.1. The van der Waals surface area contributed by atoms with Crippen molar-refractivity contribution in [1.29, 1.82) is 0 Å². The number of thioether (sulfide) groups is 1. The SMILES string of the molecule is CCCNC(C)c1sc(N(C)C(CC)CSC)nc1C. The molecule has 0 radical (unpaired) electrons. The van der Waals surface area contributed by atoms with Gasteiger partial charge in [0, 0.05) is 29.8 Å². The summed E-state index contributed by atoms with van der Waals surface area (Å²) in [5.41, 5.74) is 1.17. The zero-order valence-corrected chi connectivity index (χ0v) is 15.3. The molecular weight excluding hydrogens is 286 g/mol. The lowest BCUT2D eigenvalue weighted by atomic mass is 10.2. The molecule has 1 aromatic heterocycles. The monoisotopic (exact) mass is 315 g/mol. The molecule has 0 amide bonds. The summed E-state index contributed by atoms with van der Waals surface area (Å²) in [5.74, 6) is 1.16. The lowest BCUT2D eigenvalue weighted by Gasteiger charge is -2.26. The highest BCUT2D eigenvalue weighted by Gasteiger charge is 2.19. The minimum Gasteiger partial charge on any atom is -0.347 e. The fraction of sp³-hybridized carbons (Fsp3) is 0.800. The first-order valence-corrected chi connectivity index (χ1v) is 9.68. The van der Waals surface area contributed by atoms with E-state index in [1.54, 1.807) is 0 Å². The number of anilines is 1. The molecule has 0 aromatic carbocycles. The number of aryl methyl sites for hydroxylation is 1. The van der Waals surface area contributed by atoms with E-state index in [1.165, 1.54) is 17.0 Å². The first-order valence-electron chi connectivity index (χ1n) is 7.47. The molecule has 1 N–H and O–H groups in total. The van der Waals surface area contributed by atoms with E-state index < -0.39 is 0 Å².